The molecule has 0 bridgehead atoms. The molecule has 0 aromatic rings. The van der Waals surface area contributed by atoms with Gasteiger partial charge < -0.3 is 4.79 Å². The number of hydrogen-bond acceptors (Lipinski definition) is 1. The Bertz CT molecular complexity index is 66.9. The average molecular weight is 156 g/mol. The monoisotopic (exact) mass is 156 g/mol. The third kappa shape index (κ3) is 17.7. The maximum absolute atomic E-state index is 9.82. The van der Waals surface area contributed by atoms with E-state index in [2.05, 4.69) is 6.58 Å². The lowest BCUT2D eigenvalue weighted by Gasteiger charge is -1.91. The molecule has 66 valence electrons. The molecule has 0 saturated carbocycles. The molecule has 0 spiro atoms. The summed E-state index contributed by atoms with van der Waals surface area (Å²) in [6, 6.07) is 0. The number of unbranched alkanes of at least 4 members (excludes halogenated alkanes) is 4. The van der Waals surface area contributed by atoms with Gasteiger partial charge in [0.2, 0.25) is 0 Å². The zero-order chi connectivity index (χ0) is 8.95. The van der Waals surface area contributed by atoms with Crippen LogP contribution in [0.1, 0.15) is 46.0 Å². The van der Waals surface area contributed by atoms with Crippen molar-refractivity contribution < 1.29 is 4.79 Å². The maximum Gasteiger partial charge on any atom is 0.119 e. The van der Waals surface area contributed by atoms with Crippen LogP contribution in [0.4, 0.5) is 0 Å². The van der Waals surface area contributed by atoms with Gasteiger partial charge in [0.25, 0.3) is 0 Å². The van der Waals surface area contributed by atoms with Crippen LogP contribution >= 0.6 is 0 Å². The number of allylic oxidation sites excluding steroid dienone is 1. The quantitative estimate of drug-likeness (QED) is 0.327. The summed E-state index contributed by atoms with van der Waals surface area (Å²) < 4.78 is 0. The van der Waals surface area contributed by atoms with Gasteiger partial charge in [-0.05, 0) is 19.3 Å². The number of rotatable bonds is 6. The zero-order valence-electron chi connectivity index (χ0n) is 7.81. The van der Waals surface area contributed by atoms with Crippen LogP contribution in [0.25, 0.3) is 0 Å². The van der Waals surface area contributed by atoms with E-state index in [4.69, 9.17) is 0 Å². The second-order valence-electron chi connectivity index (χ2n) is 2.09. The third-order valence-electron chi connectivity index (χ3n) is 1.23. The summed E-state index contributed by atoms with van der Waals surface area (Å²) in [5.74, 6) is 0. The minimum Gasteiger partial charge on any atom is -0.303 e. The van der Waals surface area contributed by atoms with E-state index in [1.807, 2.05) is 19.9 Å². The van der Waals surface area contributed by atoms with E-state index in [-0.39, 0.29) is 0 Å². The van der Waals surface area contributed by atoms with Crippen molar-refractivity contribution in [3.8, 4) is 0 Å². The summed E-state index contributed by atoms with van der Waals surface area (Å²) in [6.07, 6.45) is 8.07. The molecule has 0 aromatic carbocycles. The van der Waals surface area contributed by atoms with Crippen LogP contribution in [0.2, 0.25) is 0 Å². The Kier molecular flexibility index (Phi) is 19.2. The number of carbonyl (C=O) groups is 1. The van der Waals surface area contributed by atoms with Crippen molar-refractivity contribution in [2.75, 3.05) is 0 Å². The lowest BCUT2D eigenvalue weighted by molar-refractivity contribution is -0.107. The highest BCUT2D eigenvalue weighted by Gasteiger charge is 1.84. The molecule has 0 unspecified atom stereocenters. The van der Waals surface area contributed by atoms with Crippen LogP contribution in [-0.4, -0.2) is 6.29 Å². The smallest absolute Gasteiger partial charge is 0.119 e. The van der Waals surface area contributed by atoms with Crippen LogP contribution in [0.15, 0.2) is 12.7 Å². The van der Waals surface area contributed by atoms with E-state index in [1.165, 1.54) is 6.42 Å². The summed E-state index contributed by atoms with van der Waals surface area (Å²) >= 11 is 0. The normalized spacial score (nSPS) is 7.82. The first kappa shape index (κ1) is 13.0. The highest BCUT2D eigenvalue weighted by molar-refractivity contribution is 5.48. The minimum absolute atomic E-state index is 0.719. The topological polar surface area (TPSA) is 17.1 Å². The highest BCUT2D eigenvalue weighted by Crippen LogP contribution is 2.00. The molecule has 0 saturated heterocycles. The van der Waals surface area contributed by atoms with E-state index >= 15 is 0 Å². The Hall–Kier alpha value is -0.590. The summed E-state index contributed by atoms with van der Waals surface area (Å²) in [6.45, 7) is 7.61. The molecule has 0 atom stereocenters. The molecule has 0 rings (SSSR count). The van der Waals surface area contributed by atoms with Gasteiger partial charge in [-0.1, -0.05) is 26.3 Å². The first-order valence-electron chi connectivity index (χ1n) is 4.46. The fourth-order valence-corrected chi connectivity index (χ4v) is 0.693. The lowest BCUT2D eigenvalue weighted by Crippen LogP contribution is -1.76. The molecule has 0 heterocycles. The molecular weight excluding hydrogens is 136 g/mol. The summed E-state index contributed by atoms with van der Waals surface area (Å²) in [5.41, 5.74) is 0. The van der Waals surface area contributed by atoms with Crippen molar-refractivity contribution in [2.24, 2.45) is 0 Å². The zero-order valence-corrected chi connectivity index (χ0v) is 7.81. The van der Waals surface area contributed by atoms with E-state index in [0.29, 0.717) is 0 Å². The molecule has 0 aliphatic carbocycles. The number of hydrogen-bond donors (Lipinski definition) is 0. The third-order valence-corrected chi connectivity index (χ3v) is 1.23. The fourth-order valence-electron chi connectivity index (χ4n) is 0.693. The van der Waals surface area contributed by atoms with Gasteiger partial charge in [-0.2, -0.15) is 0 Å². The molecule has 0 aliphatic rings. The molecule has 0 aliphatic heterocycles. The average Bonchev–Trinajstić information content (AvgIpc) is 2.08. The first-order valence-corrected chi connectivity index (χ1v) is 4.46. The van der Waals surface area contributed by atoms with E-state index in [9.17, 15) is 4.79 Å². The number of aldehydes is 1. The van der Waals surface area contributed by atoms with Crippen molar-refractivity contribution in [1.29, 1.82) is 0 Å². The molecule has 0 radical (unpaired) electrons. The summed E-state index contributed by atoms with van der Waals surface area (Å²) in [5, 5.41) is 0. The Balaban J connectivity index is 0. The van der Waals surface area contributed by atoms with Gasteiger partial charge in [0, 0.05) is 6.42 Å². The van der Waals surface area contributed by atoms with Crippen molar-refractivity contribution in [1.82, 2.24) is 0 Å². The number of carbonyl (C=O) groups excluding carboxylic acids is 1. The van der Waals surface area contributed by atoms with Crippen LogP contribution in [0.5, 0.6) is 0 Å². The van der Waals surface area contributed by atoms with Crippen molar-refractivity contribution in [2.45, 2.75) is 46.0 Å². The van der Waals surface area contributed by atoms with Gasteiger partial charge in [-0.15, -0.1) is 6.58 Å². The second-order valence-corrected chi connectivity index (χ2v) is 2.09. The van der Waals surface area contributed by atoms with Crippen LogP contribution in [0, 0.1) is 0 Å². The molecule has 1 heteroatoms. The Morgan fingerprint density at radius 1 is 1.09 bits per heavy atom. The molecule has 0 N–H and O–H groups in total. The van der Waals surface area contributed by atoms with Gasteiger partial charge >= 0.3 is 0 Å². The predicted molar refractivity (Wildman–Crippen MR) is 50.7 cm³/mol. The van der Waals surface area contributed by atoms with Gasteiger partial charge in [0.15, 0.2) is 0 Å². The van der Waals surface area contributed by atoms with Gasteiger partial charge in [-0.3, -0.25) is 0 Å². The second kappa shape index (κ2) is 16.2. The van der Waals surface area contributed by atoms with Gasteiger partial charge in [0.1, 0.15) is 6.29 Å². The molecule has 11 heavy (non-hydrogen) atoms. The van der Waals surface area contributed by atoms with E-state index in [1.54, 1.807) is 0 Å². The van der Waals surface area contributed by atoms with Gasteiger partial charge in [0.05, 0.1) is 0 Å². The largest absolute Gasteiger partial charge is 0.303 e. The van der Waals surface area contributed by atoms with E-state index < -0.39 is 0 Å². The molecule has 0 fully saturated rings. The Labute approximate surface area is 70.5 Å². The fraction of sp³-hybridized carbons (Fsp3) is 0.700. The first-order chi connectivity index (χ1) is 5.41. The standard InChI is InChI=1S/C8H14O.C2H6/c1-2-3-4-5-6-7-8-9;1-2/h2,8H,1,3-7H2;1-2H3. The van der Waals surface area contributed by atoms with Crippen LogP contribution in [-0.2, 0) is 4.79 Å². The van der Waals surface area contributed by atoms with Crippen molar-refractivity contribution in [3.63, 3.8) is 0 Å². The SMILES string of the molecule is C=CCCCCCC=O.CC. The highest BCUT2D eigenvalue weighted by atomic mass is 16.1. The molecule has 1 nitrogen and oxygen atoms in total. The maximum atomic E-state index is 9.82. The Morgan fingerprint density at radius 2 is 1.64 bits per heavy atom. The lowest BCUT2D eigenvalue weighted by atomic mass is 10.1. The van der Waals surface area contributed by atoms with Crippen molar-refractivity contribution in [3.05, 3.63) is 12.7 Å². The predicted octanol–water partition coefficient (Wildman–Crippen LogP) is 3.35. The molecule has 0 amide bonds. The summed E-state index contributed by atoms with van der Waals surface area (Å²) in [7, 11) is 0. The Morgan fingerprint density at radius 3 is 2.09 bits per heavy atom. The minimum atomic E-state index is 0.719. The van der Waals surface area contributed by atoms with Gasteiger partial charge in [-0.25, -0.2) is 0 Å². The molecule has 0 aromatic heterocycles. The summed E-state index contributed by atoms with van der Waals surface area (Å²) in [4.78, 5) is 9.82. The van der Waals surface area contributed by atoms with Crippen LogP contribution < -0.4 is 0 Å². The molecular formula is C10H20O. The van der Waals surface area contributed by atoms with E-state index in [0.717, 1.165) is 32.0 Å². The van der Waals surface area contributed by atoms with Crippen molar-refractivity contribution >= 4 is 6.29 Å². The van der Waals surface area contributed by atoms with Crippen LogP contribution in [0.3, 0.4) is 0 Å².